The summed E-state index contributed by atoms with van der Waals surface area (Å²) in [4.78, 5) is 2.70. The predicted octanol–water partition coefficient (Wildman–Crippen LogP) is 2.15. The minimum Gasteiger partial charge on any atom is -0.381 e. The zero-order chi connectivity index (χ0) is 12.0. The lowest BCUT2D eigenvalue weighted by Crippen LogP contribution is -2.55. The molecule has 0 aliphatic carbocycles. The molecule has 0 bridgehead atoms. The van der Waals surface area contributed by atoms with Gasteiger partial charge in [0.15, 0.2) is 0 Å². The molecule has 0 aromatic rings. The summed E-state index contributed by atoms with van der Waals surface area (Å²) in [5.74, 6) is 0. The summed E-state index contributed by atoms with van der Waals surface area (Å²) in [6.07, 6.45) is 10.4. The summed E-state index contributed by atoms with van der Waals surface area (Å²) in [6.45, 7) is 5.12. The van der Waals surface area contributed by atoms with Crippen molar-refractivity contribution in [3.63, 3.8) is 0 Å². The molecule has 2 aliphatic rings. The molecule has 0 radical (unpaired) electrons. The molecular formula is C14H28N2O. The molecular weight excluding hydrogens is 212 g/mol. The van der Waals surface area contributed by atoms with Gasteiger partial charge >= 0.3 is 0 Å². The van der Waals surface area contributed by atoms with Crippen molar-refractivity contribution in [3.8, 4) is 0 Å². The lowest BCUT2D eigenvalue weighted by atomic mass is 9.87. The first-order chi connectivity index (χ1) is 8.37. The van der Waals surface area contributed by atoms with Crippen LogP contribution in [0.15, 0.2) is 0 Å². The second-order valence-corrected chi connectivity index (χ2v) is 5.65. The highest BCUT2D eigenvalue weighted by Crippen LogP contribution is 2.29. The summed E-state index contributed by atoms with van der Waals surface area (Å²) >= 11 is 0. The highest BCUT2D eigenvalue weighted by molar-refractivity contribution is 4.93. The smallest absolute Gasteiger partial charge is 0.0484 e. The van der Waals surface area contributed by atoms with Crippen molar-refractivity contribution < 1.29 is 4.74 Å². The fourth-order valence-corrected chi connectivity index (χ4v) is 3.36. The van der Waals surface area contributed by atoms with Gasteiger partial charge in [0, 0.05) is 25.3 Å². The van der Waals surface area contributed by atoms with Crippen LogP contribution in [0.3, 0.4) is 0 Å². The topological polar surface area (TPSA) is 38.5 Å². The van der Waals surface area contributed by atoms with Crippen LogP contribution in [0, 0.1) is 0 Å². The van der Waals surface area contributed by atoms with Crippen LogP contribution in [-0.4, -0.2) is 43.3 Å². The molecule has 1 atom stereocenters. The first kappa shape index (κ1) is 13.3. The van der Waals surface area contributed by atoms with E-state index < -0.39 is 0 Å². The molecule has 0 aromatic carbocycles. The standard InChI is InChI=1S/C14H28N2O/c15-13-14(7-6-11-17-12-8-14)16-9-4-2-1-3-5-10-16/h1-13,15H2. The van der Waals surface area contributed by atoms with E-state index in [1.807, 2.05) is 0 Å². The molecule has 100 valence electrons. The fourth-order valence-electron chi connectivity index (χ4n) is 3.36. The number of hydrogen-bond acceptors (Lipinski definition) is 3. The second-order valence-electron chi connectivity index (χ2n) is 5.65. The Balaban J connectivity index is 2.02. The van der Waals surface area contributed by atoms with Gasteiger partial charge in [-0.2, -0.15) is 0 Å². The molecule has 3 nitrogen and oxygen atoms in total. The third-order valence-corrected chi connectivity index (χ3v) is 4.55. The average Bonchev–Trinajstić information content (AvgIpc) is 2.55. The van der Waals surface area contributed by atoms with Crippen molar-refractivity contribution in [2.24, 2.45) is 5.73 Å². The van der Waals surface area contributed by atoms with E-state index in [1.165, 1.54) is 58.0 Å². The molecule has 17 heavy (non-hydrogen) atoms. The first-order valence-corrected chi connectivity index (χ1v) is 7.40. The van der Waals surface area contributed by atoms with Crippen LogP contribution in [0.2, 0.25) is 0 Å². The second kappa shape index (κ2) is 6.72. The maximum atomic E-state index is 6.13. The van der Waals surface area contributed by atoms with E-state index in [0.29, 0.717) is 0 Å². The molecule has 3 heteroatoms. The SMILES string of the molecule is NCC1(N2CCCCCCC2)CCCOCC1. The third kappa shape index (κ3) is 3.43. The molecule has 2 heterocycles. The van der Waals surface area contributed by atoms with Crippen LogP contribution < -0.4 is 5.73 Å². The van der Waals surface area contributed by atoms with Crippen LogP contribution in [0.1, 0.15) is 51.4 Å². The van der Waals surface area contributed by atoms with Crippen LogP contribution in [0.5, 0.6) is 0 Å². The van der Waals surface area contributed by atoms with Crippen molar-refractivity contribution >= 4 is 0 Å². The molecule has 2 fully saturated rings. The van der Waals surface area contributed by atoms with Crippen molar-refractivity contribution in [1.29, 1.82) is 0 Å². The van der Waals surface area contributed by atoms with E-state index in [-0.39, 0.29) is 5.54 Å². The molecule has 0 saturated carbocycles. The van der Waals surface area contributed by atoms with Gasteiger partial charge in [-0.3, -0.25) is 4.90 Å². The van der Waals surface area contributed by atoms with Crippen molar-refractivity contribution in [2.75, 3.05) is 32.8 Å². The minimum atomic E-state index is 0.244. The zero-order valence-electron chi connectivity index (χ0n) is 11.1. The minimum absolute atomic E-state index is 0.244. The maximum absolute atomic E-state index is 6.13. The molecule has 0 spiro atoms. The van der Waals surface area contributed by atoms with Gasteiger partial charge in [-0.05, 0) is 45.2 Å². The Kier molecular flexibility index (Phi) is 5.26. The van der Waals surface area contributed by atoms with Crippen molar-refractivity contribution in [2.45, 2.75) is 56.9 Å². The number of nitrogens with zero attached hydrogens (tertiary/aromatic N) is 1. The van der Waals surface area contributed by atoms with Gasteiger partial charge in [-0.15, -0.1) is 0 Å². The summed E-state index contributed by atoms with van der Waals surface area (Å²) in [5.41, 5.74) is 6.38. The van der Waals surface area contributed by atoms with Gasteiger partial charge in [0.25, 0.3) is 0 Å². The largest absolute Gasteiger partial charge is 0.381 e. The fraction of sp³-hybridized carbons (Fsp3) is 1.00. The summed E-state index contributed by atoms with van der Waals surface area (Å²) in [5, 5.41) is 0. The molecule has 1 unspecified atom stereocenters. The number of hydrogen-bond donors (Lipinski definition) is 1. The van der Waals surface area contributed by atoms with Crippen LogP contribution in [0.25, 0.3) is 0 Å². The van der Waals surface area contributed by atoms with Gasteiger partial charge in [0.05, 0.1) is 0 Å². The van der Waals surface area contributed by atoms with Gasteiger partial charge in [0.1, 0.15) is 0 Å². The number of likely N-dealkylation sites (tertiary alicyclic amines) is 1. The van der Waals surface area contributed by atoms with Gasteiger partial charge < -0.3 is 10.5 Å². The van der Waals surface area contributed by atoms with E-state index >= 15 is 0 Å². The van der Waals surface area contributed by atoms with Crippen molar-refractivity contribution in [1.82, 2.24) is 4.90 Å². The Labute approximate surface area is 106 Å². The zero-order valence-corrected chi connectivity index (χ0v) is 11.1. The van der Waals surface area contributed by atoms with Crippen LogP contribution in [-0.2, 0) is 4.74 Å². The molecule has 0 amide bonds. The molecule has 2 saturated heterocycles. The van der Waals surface area contributed by atoms with Gasteiger partial charge in [-0.1, -0.05) is 19.3 Å². The number of ether oxygens (including phenoxy) is 1. The van der Waals surface area contributed by atoms with Crippen molar-refractivity contribution in [3.05, 3.63) is 0 Å². The van der Waals surface area contributed by atoms with E-state index in [0.717, 1.165) is 26.2 Å². The highest BCUT2D eigenvalue weighted by Gasteiger charge is 2.35. The summed E-state index contributed by atoms with van der Waals surface area (Å²) in [6, 6.07) is 0. The van der Waals surface area contributed by atoms with Gasteiger partial charge in [-0.25, -0.2) is 0 Å². The molecule has 2 rings (SSSR count). The predicted molar refractivity (Wildman–Crippen MR) is 71.1 cm³/mol. The summed E-state index contributed by atoms with van der Waals surface area (Å²) in [7, 11) is 0. The Morgan fingerprint density at radius 3 is 2.29 bits per heavy atom. The molecule has 0 aromatic heterocycles. The van der Waals surface area contributed by atoms with Crippen LogP contribution >= 0.6 is 0 Å². The molecule has 2 N–H and O–H groups in total. The van der Waals surface area contributed by atoms with E-state index in [1.54, 1.807) is 0 Å². The lowest BCUT2D eigenvalue weighted by Gasteiger charge is -2.43. The summed E-state index contributed by atoms with van der Waals surface area (Å²) < 4.78 is 5.62. The Bertz CT molecular complexity index is 204. The number of nitrogens with two attached hydrogens (primary N) is 1. The normalized spacial score (nSPS) is 33.7. The lowest BCUT2D eigenvalue weighted by molar-refractivity contribution is 0.0598. The van der Waals surface area contributed by atoms with Crippen LogP contribution in [0.4, 0.5) is 0 Å². The first-order valence-electron chi connectivity index (χ1n) is 7.40. The molecule has 2 aliphatic heterocycles. The number of rotatable bonds is 2. The highest BCUT2D eigenvalue weighted by atomic mass is 16.5. The monoisotopic (exact) mass is 240 g/mol. The average molecular weight is 240 g/mol. The Morgan fingerprint density at radius 1 is 0.882 bits per heavy atom. The maximum Gasteiger partial charge on any atom is 0.0484 e. The van der Waals surface area contributed by atoms with Gasteiger partial charge in [0.2, 0.25) is 0 Å². The van der Waals surface area contributed by atoms with E-state index in [9.17, 15) is 0 Å². The third-order valence-electron chi connectivity index (χ3n) is 4.55. The quantitative estimate of drug-likeness (QED) is 0.804. The van der Waals surface area contributed by atoms with E-state index in [4.69, 9.17) is 10.5 Å². The Morgan fingerprint density at radius 2 is 1.59 bits per heavy atom. The van der Waals surface area contributed by atoms with E-state index in [2.05, 4.69) is 4.90 Å². The Hall–Kier alpha value is -0.120.